The van der Waals surface area contributed by atoms with Gasteiger partial charge in [0, 0.05) is 18.7 Å². The maximum absolute atomic E-state index is 13.1. The van der Waals surface area contributed by atoms with E-state index in [-0.39, 0.29) is 30.6 Å². The molecular weight excluding hydrogens is 368 g/mol. The monoisotopic (exact) mass is 392 g/mol. The SMILES string of the molecule is C[C@@H]1CN(C(=O)c2ccccc2NC(=O)C2=Cc3ccccc3OC2)C[C@H](C)O1. The van der Waals surface area contributed by atoms with Crippen LogP contribution in [0.25, 0.3) is 6.08 Å². The van der Waals surface area contributed by atoms with Crippen molar-refractivity contribution in [2.75, 3.05) is 25.0 Å². The Kier molecular flexibility index (Phi) is 5.36. The number of carbonyl (C=O) groups excluding carboxylic acids is 2. The number of nitrogens with zero attached hydrogens (tertiary/aromatic N) is 1. The van der Waals surface area contributed by atoms with Crippen LogP contribution in [-0.2, 0) is 9.53 Å². The zero-order chi connectivity index (χ0) is 20.4. The van der Waals surface area contributed by atoms with Crippen LogP contribution in [-0.4, -0.2) is 48.6 Å². The van der Waals surface area contributed by atoms with Gasteiger partial charge in [0.15, 0.2) is 0 Å². The maximum atomic E-state index is 13.1. The van der Waals surface area contributed by atoms with Gasteiger partial charge in [0.1, 0.15) is 12.4 Å². The first-order valence-corrected chi connectivity index (χ1v) is 9.79. The smallest absolute Gasteiger partial charge is 0.256 e. The van der Waals surface area contributed by atoms with E-state index < -0.39 is 0 Å². The van der Waals surface area contributed by atoms with E-state index in [2.05, 4.69) is 5.32 Å². The number of benzene rings is 2. The number of carbonyl (C=O) groups is 2. The Balaban J connectivity index is 1.54. The van der Waals surface area contributed by atoms with Gasteiger partial charge < -0.3 is 19.7 Å². The van der Waals surface area contributed by atoms with Gasteiger partial charge in [-0.05, 0) is 38.1 Å². The van der Waals surface area contributed by atoms with Gasteiger partial charge in [-0.25, -0.2) is 0 Å². The minimum Gasteiger partial charge on any atom is -0.488 e. The molecule has 0 bridgehead atoms. The fourth-order valence-corrected chi connectivity index (χ4v) is 3.74. The molecule has 2 heterocycles. The molecule has 0 aromatic heterocycles. The summed E-state index contributed by atoms with van der Waals surface area (Å²) in [7, 11) is 0. The maximum Gasteiger partial charge on any atom is 0.256 e. The number of morpholine rings is 1. The van der Waals surface area contributed by atoms with Crippen LogP contribution < -0.4 is 10.1 Å². The van der Waals surface area contributed by atoms with Gasteiger partial charge in [-0.2, -0.15) is 0 Å². The second-order valence-electron chi connectivity index (χ2n) is 7.46. The fraction of sp³-hybridized carbons (Fsp3) is 0.304. The summed E-state index contributed by atoms with van der Waals surface area (Å²) in [5.74, 6) is 0.376. The van der Waals surface area contributed by atoms with Gasteiger partial charge in [0.05, 0.1) is 29.0 Å². The highest BCUT2D eigenvalue weighted by molar-refractivity contribution is 6.11. The van der Waals surface area contributed by atoms with Crippen molar-refractivity contribution in [2.45, 2.75) is 26.1 Å². The Morgan fingerprint density at radius 1 is 1.00 bits per heavy atom. The van der Waals surface area contributed by atoms with Crippen LogP contribution in [0.15, 0.2) is 54.1 Å². The van der Waals surface area contributed by atoms with Crippen molar-refractivity contribution in [1.82, 2.24) is 4.90 Å². The van der Waals surface area contributed by atoms with Gasteiger partial charge >= 0.3 is 0 Å². The number of rotatable bonds is 3. The topological polar surface area (TPSA) is 67.9 Å². The Bertz CT molecular complexity index is 959. The number of fused-ring (bicyclic) bond motifs is 1. The lowest BCUT2D eigenvalue weighted by Crippen LogP contribution is -2.48. The van der Waals surface area contributed by atoms with Crippen LogP contribution in [0.1, 0.15) is 29.8 Å². The van der Waals surface area contributed by atoms with Crippen molar-refractivity contribution in [2.24, 2.45) is 0 Å². The molecule has 6 nitrogen and oxygen atoms in total. The Hall–Kier alpha value is -3.12. The van der Waals surface area contributed by atoms with E-state index in [0.717, 1.165) is 11.3 Å². The van der Waals surface area contributed by atoms with Crippen molar-refractivity contribution in [1.29, 1.82) is 0 Å². The highest BCUT2D eigenvalue weighted by Gasteiger charge is 2.28. The molecule has 0 aliphatic carbocycles. The predicted octanol–water partition coefficient (Wildman–Crippen LogP) is 3.35. The molecule has 2 aliphatic heterocycles. The standard InChI is InChI=1S/C23H24N2O4/c1-15-12-25(13-16(2)29-15)23(27)19-8-4-5-9-20(19)24-22(26)18-11-17-7-3-6-10-21(17)28-14-18/h3-11,15-16H,12-14H2,1-2H3,(H,24,26)/t15-,16+. The number of ether oxygens (including phenoxy) is 2. The lowest BCUT2D eigenvalue weighted by molar-refractivity contribution is -0.113. The van der Waals surface area contributed by atoms with Gasteiger partial charge in [0.2, 0.25) is 0 Å². The molecule has 2 amide bonds. The van der Waals surface area contributed by atoms with E-state index in [0.29, 0.717) is 29.9 Å². The Labute approximate surface area is 170 Å². The van der Waals surface area contributed by atoms with E-state index in [1.807, 2.05) is 44.2 Å². The number of para-hydroxylation sites is 2. The van der Waals surface area contributed by atoms with Gasteiger partial charge in [-0.1, -0.05) is 30.3 Å². The first-order chi connectivity index (χ1) is 14.0. The van der Waals surface area contributed by atoms with Crippen LogP contribution in [0.3, 0.4) is 0 Å². The molecule has 29 heavy (non-hydrogen) atoms. The Morgan fingerprint density at radius 3 is 2.48 bits per heavy atom. The van der Waals surface area contributed by atoms with E-state index in [4.69, 9.17) is 9.47 Å². The molecule has 0 radical (unpaired) electrons. The number of amides is 2. The predicted molar refractivity (Wildman–Crippen MR) is 111 cm³/mol. The largest absolute Gasteiger partial charge is 0.488 e. The van der Waals surface area contributed by atoms with E-state index in [1.54, 1.807) is 29.2 Å². The average molecular weight is 392 g/mol. The van der Waals surface area contributed by atoms with Crippen molar-refractivity contribution in [3.05, 3.63) is 65.2 Å². The summed E-state index contributed by atoms with van der Waals surface area (Å²) < 4.78 is 11.4. The summed E-state index contributed by atoms with van der Waals surface area (Å²) >= 11 is 0. The summed E-state index contributed by atoms with van der Waals surface area (Å²) in [5, 5.41) is 2.89. The van der Waals surface area contributed by atoms with Crippen LogP contribution >= 0.6 is 0 Å². The molecule has 0 unspecified atom stereocenters. The van der Waals surface area contributed by atoms with Gasteiger partial charge in [0.25, 0.3) is 11.8 Å². The number of hydrogen-bond donors (Lipinski definition) is 1. The molecule has 2 atom stereocenters. The summed E-state index contributed by atoms with van der Waals surface area (Å²) in [6.45, 7) is 5.16. The fourth-order valence-electron chi connectivity index (χ4n) is 3.74. The minimum atomic E-state index is -0.275. The summed E-state index contributed by atoms with van der Waals surface area (Å²) in [5.41, 5.74) is 2.35. The van der Waals surface area contributed by atoms with Crippen LogP contribution in [0.5, 0.6) is 5.75 Å². The lowest BCUT2D eigenvalue weighted by Gasteiger charge is -2.35. The molecule has 2 aliphatic rings. The molecule has 1 saturated heterocycles. The van der Waals surface area contributed by atoms with Crippen LogP contribution in [0.2, 0.25) is 0 Å². The summed E-state index contributed by atoms with van der Waals surface area (Å²) in [6, 6.07) is 14.7. The molecule has 150 valence electrons. The zero-order valence-electron chi connectivity index (χ0n) is 16.6. The zero-order valence-corrected chi connectivity index (χ0v) is 16.6. The van der Waals surface area contributed by atoms with E-state index in [1.165, 1.54) is 0 Å². The molecular formula is C23H24N2O4. The van der Waals surface area contributed by atoms with Crippen molar-refractivity contribution < 1.29 is 19.1 Å². The van der Waals surface area contributed by atoms with Crippen molar-refractivity contribution >= 4 is 23.6 Å². The van der Waals surface area contributed by atoms with Crippen LogP contribution in [0.4, 0.5) is 5.69 Å². The highest BCUT2D eigenvalue weighted by atomic mass is 16.5. The summed E-state index contributed by atoms with van der Waals surface area (Å²) in [6.07, 6.45) is 1.78. The minimum absolute atomic E-state index is 0.0194. The molecule has 2 aromatic carbocycles. The van der Waals surface area contributed by atoms with E-state index >= 15 is 0 Å². The van der Waals surface area contributed by atoms with Crippen LogP contribution in [0, 0.1) is 0 Å². The molecule has 1 N–H and O–H groups in total. The lowest BCUT2D eigenvalue weighted by atomic mass is 10.1. The third-order valence-electron chi connectivity index (χ3n) is 5.04. The second kappa shape index (κ2) is 8.09. The van der Waals surface area contributed by atoms with Gasteiger partial charge in [-0.3, -0.25) is 9.59 Å². The highest BCUT2D eigenvalue weighted by Crippen LogP contribution is 2.27. The number of nitrogens with one attached hydrogen (secondary N) is 1. The van der Waals surface area contributed by atoms with Crippen molar-refractivity contribution in [3.63, 3.8) is 0 Å². The molecule has 4 rings (SSSR count). The number of hydrogen-bond acceptors (Lipinski definition) is 4. The second-order valence-corrected chi connectivity index (χ2v) is 7.46. The van der Waals surface area contributed by atoms with Gasteiger partial charge in [-0.15, -0.1) is 0 Å². The quantitative estimate of drug-likeness (QED) is 0.870. The molecule has 1 fully saturated rings. The third-order valence-corrected chi connectivity index (χ3v) is 5.04. The third kappa shape index (κ3) is 4.17. The van der Waals surface area contributed by atoms with E-state index in [9.17, 15) is 9.59 Å². The molecule has 0 spiro atoms. The molecule has 6 heteroatoms. The average Bonchev–Trinajstić information content (AvgIpc) is 2.72. The first-order valence-electron chi connectivity index (χ1n) is 9.79. The summed E-state index contributed by atoms with van der Waals surface area (Å²) in [4.78, 5) is 27.7. The first kappa shape index (κ1) is 19.2. The molecule has 2 aromatic rings. The normalized spacial score (nSPS) is 20.9. The Morgan fingerprint density at radius 2 is 1.69 bits per heavy atom. The van der Waals surface area contributed by atoms with Crippen molar-refractivity contribution in [3.8, 4) is 5.75 Å². The number of anilines is 1. The molecule has 0 saturated carbocycles.